The highest BCUT2D eigenvalue weighted by atomic mass is 16.5. The maximum atomic E-state index is 11.8. The Morgan fingerprint density at radius 3 is 2.57 bits per heavy atom. The fourth-order valence-corrected chi connectivity index (χ4v) is 2.72. The zero-order chi connectivity index (χ0) is 15.1. The van der Waals surface area contributed by atoms with Gasteiger partial charge in [-0.25, -0.2) is 0 Å². The molecule has 21 heavy (non-hydrogen) atoms. The quantitative estimate of drug-likeness (QED) is 0.668. The molecular formula is C16H24N2O3. The molecule has 0 aliphatic heterocycles. The summed E-state index contributed by atoms with van der Waals surface area (Å²) >= 11 is 0. The molecular weight excluding hydrogens is 268 g/mol. The maximum Gasteiger partial charge on any atom is 0.223 e. The van der Waals surface area contributed by atoms with Gasteiger partial charge in [0.25, 0.3) is 0 Å². The molecule has 1 aliphatic rings. The Labute approximate surface area is 125 Å². The fraction of sp³-hybridized carbons (Fsp3) is 0.562. The number of benzene rings is 1. The number of ether oxygens (including phenoxy) is 1. The summed E-state index contributed by atoms with van der Waals surface area (Å²) in [6, 6.07) is 7.10. The zero-order valence-corrected chi connectivity index (χ0v) is 12.3. The van der Waals surface area contributed by atoms with Gasteiger partial charge in [0.15, 0.2) is 0 Å². The minimum absolute atomic E-state index is 0.0369. The van der Waals surface area contributed by atoms with Crippen molar-refractivity contribution in [2.45, 2.75) is 32.1 Å². The van der Waals surface area contributed by atoms with Crippen molar-refractivity contribution in [2.75, 3.05) is 25.5 Å². The van der Waals surface area contributed by atoms with E-state index in [0.29, 0.717) is 31.0 Å². The number of aliphatic hydroxyl groups is 1. The second kappa shape index (κ2) is 7.31. The molecule has 5 heteroatoms. The monoisotopic (exact) mass is 292 g/mol. The molecule has 0 spiro atoms. The minimum Gasteiger partial charge on any atom is -0.493 e. The summed E-state index contributed by atoms with van der Waals surface area (Å²) in [4.78, 5) is 11.8. The lowest BCUT2D eigenvalue weighted by Crippen LogP contribution is -2.38. The average molecular weight is 292 g/mol. The Hall–Kier alpha value is -1.75. The SMILES string of the molecule is Nc1ccc(OCCC(=O)NCC2(CO)CCCC2)cc1. The van der Waals surface area contributed by atoms with Gasteiger partial charge in [-0.15, -0.1) is 0 Å². The van der Waals surface area contributed by atoms with Gasteiger partial charge in [0, 0.05) is 17.6 Å². The number of rotatable bonds is 7. The topological polar surface area (TPSA) is 84.6 Å². The van der Waals surface area contributed by atoms with Gasteiger partial charge in [-0.1, -0.05) is 12.8 Å². The number of nitrogen functional groups attached to an aromatic ring is 1. The Bertz CT molecular complexity index is 453. The molecule has 1 amide bonds. The summed E-state index contributed by atoms with van der Waals surface area (Å²) in [5, 5.41) is 12.4. The second-order valence-electron chi connectivity index (χ2n) is 5.81. The molecule has 0 saturated heterocycles. The van der Waals surface area contributed by atoms with Crippen LogP contribution in [0.25, 0.3) is 0 Å². The van der Waals surface area contributed by atoms with E-state index in [-0.39, 0.29) is 17.9 Å². The molecule has 0 atom stereocenters. The molecule has 2 rings (SSSR count). The number of aliphatic hydroxyl groups excluding tert-OH is 1. The van der Waals surface area contributed by atoms with Crippen molar-refractivity contribution in [3.63, 3.8) is 0 Å². The maximum absolute atomic E-state index is 11.8. The number of anilines is 1. The van der Waals surface area contributed by atoms with E-state index in [0.717, 1.165) is 25.7 Å². The Morgan fingerprint density at radius 2 is 1.95 bits per heavy atom. The molecule has 1 aliphatic carbocycles. The lowest BCUT2D eigenvalue weighted by atomic mass is 9.87. The van der Waals surface area contributed by atoms with E-state index in [1.165, 1.54) is 0 Å². The van der Waals surface area contributed by atoms with E-state index in [9.17, 15) is 9.90 Å². The summed E-state index contributed by atoms with van der Waals surface area (Å²) in [5.41, 5.74) is 6.17. The summed E-state index contributed by atoms with van der Waals surface area (Å²) in [6.45, 7) is 1.04. The largest absolute Gasteiger partial charge is 0.493 e. The van der Waals surface area contributed by atoms with Crippen LogP contribution in [0.15, 0.2) is 24.3 Å². The highest BCUT2D eigenvalue weighted by molar-refractivity contribution is 5.76. The van der Waals surface area contributed by atoms with E-state index in [1.807, 2.05) is 0 Å². The summed E-state index contributed by atoms with van der Waals surface area (Å²) in [5.74, 6) is 0.671. The van der Waals surface area contributed by atoms with E-state index in [2.05, 4.69) is 5.32 Å². The van der Waals surface area contributed by atoms with Crippen molar-refractivity contribution in [1.29, 1.82) is 0 Å². The van der Waals surface area contributed by atoms with E-state index in [1.54, 1.807) is 24.3 Å². The van der Waals surface area contributed by atoms with E-state index in [4.69, 9.17) is 10.5 Å². The van der Waals surface area contributed by atoms with Crippen LogP contribution < -0.4 is 15.8 Å². The Balaban J connectivity index is 1.66. The first-order valence-corrected chi connectivity index (χ1v) is 7.49. The van der Waals surface area contributed by atoms with Crippen molar-refractivity contribution in [3.05, 3.63) is 24.3 Å². The van der Waals surface area contributed by atoms with Crippen molar-refractivity contribution < 1.29 is 14.6 Å². The van der Waals surface area contributed by atoms with E-state index < -0.39 is 0 Å². The second-order valence-corrected chi connectivity index (χ2v) is 5.81. The molecule has 0 unspecified atom stereocenters. The first-order chi connectivity index (χ1) is 10.1. The molecule has 1 aromatic rings. The molecule has 0 bridgehead atoms. The van der Waals surface area contributed by atoms with Crippen molar-refractivity contribution >= 4 is 11.6 Å². The van der Waals surface area contributed by atoms with E-state index >= 15 is 0 Å². The van der Waals surface area contributed by atoms with Crippen LogP contribution in [0.5, 0.6) is 5.75 Å². The molecule has 0 radical (unpaired) electrons. The molecule has 0 aromatic heterocycles. The van der Waals surface area contributed by atoms with Crippen LogP contribution in [0.1, 0.15) is 32.1 Å². The Morgan fingerprint density at radius 1 is 1.29 bits per heavy atom. The lowest BCUT2D eigenvalue weighted by molar-refractivity contribution is -0.122. The third-order valence-corrected chi connectivity index (χ3v) is 4.14. The standard InChI is InChI=1S/C16H24N2O3/c17-13-3-5-14(6-4-13)21-10-7-15(20)18-11-16(12-19)8-1-2-9-16/h3-6,19H,1-2,7-12,17H2,(H,18,20). The average Bonchev–Trinajstić information content (AvgIpc) is 2.97. The van der Waals surface area contributed by atoms with Crippen LogP contribution in [-0.4, -0.2) is 30.8 Å². The van der Waals surface area contributed by atoms with Crippen LogP contribution in [0.3, 0.4) is 0 Å². The molecule has 1 fully saturated rings. The number of nitrogens with one attached hydrogen (secondary N) is 1. The van der Waals surface area contributed by atoms with Crippen molar-refractivity contribution in [3.8, 4) is 5.75 Å². The van der Waals surface area contributed by atoms with Gasteiger partial charge in [0.2, 0.25) is 5.91 Å². The van der Waals surface area contributed by atoms with Crippen molar-refractivity contribution in [2.24, 2.45) is 5.41 Å². The first-order valence-electron chi connectivity index (χ1n) is 7.49. The summed E-state index contributed by atoms with van der Waals surface area (Å²) in [6.07, 6.45) is 4.57. The highest BCUT2D eigenvalue weighted by Gasteiger charge is 2.33. The molecule has 5 nitrogen and oxygen atoms in total. The third kappa shape index (κ3) is 4.63. The smallest absolute Gasteiger partial charge is 0.223 e. The molecule has 1 aromatic carbocycles. The molecule has 116 valence electrons. The van der Waals surface area contributed by atoms with Crippen LogP contribution in [0.4, 0.5) is 5.69 Å². The predicted octanol–water partition coefficient (Wildman–Crippen LogP) is 1.71. The summed E-state index contributed by atoms with van der Waals surface area (Å²) in [7, 11) is 0. The number of amides is 1. The molecule has 0 heterocycles. The van der Waals surface area contributed by atoms with Gasteiger partial charge >= 0.3 is 0 Å². The summed E-state index contributed by atoms with van der Waals surface area (Å²) < 4.78 is 5.49. The van der Waals surface area contributed by atoms with Gasteiger partial charge in [-0.3, -0.25) is 4.79 Å². The van der Waals surface area contributed by atoms with Gasteiger partial charge in [0.1, 0.15) is 5.75 Å². The van der Waals surface area contributed by atoms with Gasteiger partial charge < -0.3 is 20.9 Å². The van der Waals surface area contributed by atoms with Crippen LogP contribution in [-0.2, 0) is 4.79 Å². The van der Waals surface area contributed by atoms with Crippen LogP contribution in [0.2, 0.25) is 0 Å². The van der Waals surface area contributed by atoms with Gasteiger partial charge in [-0.2, -0.15) is 0 Å². The van der Waals surface area contributed by atoms with Crippen LogP contribution >= 0.6 is 0 Å². The zero-order valence-electron chi connectivity index (χ0n) is 12.3. The highest BCUT2D eigenvalue weighted by Crippen LogP contribution is 2.36. The lowest BCUT2D eigenvalue weighted by Gasteiger charge is -2.26. The first kappa shape index (κ1) is 15.6. The van der Waals surface area contributed by atoms with Gasteiger partial charge in [0.05, 0.1) is 19.6 Å². The van der Waals surface area contributed by atoms with Crippen LogP contribution in [0, 0.1) is 5.41 Å². The van der Waals surface area contributed by atoms with Crippen molar-refractivity contribution in [1.82, 2.24) is 5.32 Å². The fourth-order valence-electron chi connectivity index (χ4n) is 2.72. The number of carbonyl (C=O) groups is 1. The third-order valence-electron chi connectivity index (χ3n) is 4.14. The molecule has 1 saturated carbocycles. The predicted molar refractivity (Wildman–Crippen MR) is 82.0 cm³/mol. The number of nitrogens with two attached hydrogens (primary N) is 1. The molecule has 4 N–H and O–H groups in total. The minimum atomic E-state index is -0.104. The number of carbonyl (C=O) groups excluding carboxylic acids is 1. The normalized spacial score (nSPS) is 16.6. The van der Waals surface area contributed by atoms with Gasteiger partial charge in [-0.05, 0) is 37.1 Å². The number of hydrogen-bond acceptors (Lipinski definition) is 4. The number of hydrogen-bond donors (Lipinski definition) is 3. The Kier molecular flexibility index (Phi) is 5.44.